The molecule has 0 heterocycles. The van der Waals surface area contributed by atoms with Crippen LogP contribution in [0.15, 0.2) is 24.3 Å². The normalized spacial score (nSPS) is 12.3. The fourth-order valence-electron chi connectivity index (χ4n) is 5.22. The van der Waals surface area contributed by atoms with Crippen LogP contribution >= 0.6 is 0 Å². The lowest BCUT2D eigenvalue weighted by molar-refractivity contribution is -0.156. The van der Waals surface area contributed by atoms with Crippen molar-refractivity contribution in [1.29, 1.82) is 0 Å². The molecule has 0 bridgehead atoms. The minimum Gasteiger partial charge on any atom is -0.462 e. The van der Waals surface area contributed by atoms with Crippen LogP contribution < -0.4 is 0 Å². The predicted molar refractivity (Wildman–Crippen MR) is 185 cm³/mol. The third kappa shape index (κ3) is 34.8. The van der Waals surface area contributed by atoms with Gasteiger partial charge in [-0.25, -0.2) is 0 Å². The van der Waals surface area contributed by atoms with Gasteiger partial charge in [0.2, 0.25) is 0 Å². The first-order valence-electron chi connectivity index (χ1n) is 18.6. The van der Waals surface area contributed by atoms with E-state index in [9.17, 15) is 9.59 Å². The summed E-state index contributed by atoms with van der Waals surface area (Å²) in [7, 11) is 0. The minimum atomic E-state index is -0.631. The Bertz CT molecular complexity index is 654. The van der Waals surface area contributed by atoms with Gasteiger partial charge >= 0.3 is 11.9 Å². The Labute approximate surface area is 268 Å². The Hall–Kier alpha value is -1.58. The van der Waals surface area contributed by atoms with Gasteiger partial charge in [-0.2, -0.15) is 0 Å². The van der Waals surface area contributed by atoms with Crippen LogP contribution in [0, 0.1) is 6.92 Å². The van der Waals surface area contributed by atoms with Gasteiger partial charge < -0.3 is 9.47 Å². The SMILES string of the molecule is [CH2][C@H](COC(=O)CCCCCCC/C=C\CCCCCCCC)OC(=O)CCCCCCC/C=C\CCCCCCCC. The molecule has 0 aliphatic rings. The second-order valence-electron chi connectivity index (χ2n) is 12.5. The van der Waals surface area contributed by atoms with E-state index < -0.39 is 6.10 Å². The summed E-state index contributed by atoms with van der Waals surface area (Å²) in [5.74, 6) is -0.467. The number of esters is 2. The van der Waals surface area contributed by atoms with Crippen molar-refractivity contribution in [1.82, 2.24) is 0 Å². The van der Waals surface area contributed by atoms with Gasteiger partial charge in [0.25, 0.3) is 0 Å². The van der Waals surface area contributed by atoms with Crippen molar-refractivity contribution in [3.63, 3.8) is 0 Å². The zero-order valence-electron chi connectivity index (χ0n) is 28.7. The molecule has 1 atom stereocenters. The van der Waals surface area contributed by atoms with E-state index in [2.05, 4.69) is 45.1 Å². The number of carbonyl (C=O) groups is 2. The van der Waals surface area contributed by atoms with E-state index in [1.165, 1.54) is 122 Å². The van der Waals surface area contributed by atoms with Crippen LogP contribution in [-0.2, 0) is 19.1 Å². The molecule has 0 fully saturated rings. The number of unbranched alkanes of at least 4 members (excludes halogenated alkanes) is 22. The first-order chi connectivity index (χ1) is 21.1. The molecular formula is C39H71O4. The summed E-state index contributed by atoms with van der Waals surface area (Å²) >= 11 is 0. The topological polar surface area (TPSA) is 52.6 Å². The maximum Gasteiger partial charge on any atom is 0.306 e. The molecule has 0 spiro atoms. The molecule has 1 radical (unpaired) electrons. The van der Waals surface area contributed by atoms with Crippen molar-refractivity contribution in [2.45, 2.75) is 200 Å². The first-order valence-corrected chi connectivity index (χ1v) is 18.6. The molecule has 0 aromatic heterocycles. The molecule has 0 saturated heterocycles. The van der Waals surface area contributed by atoms with E-state index in [0.717, 1.165) is 44.9 Å². The van der Waals surface area contributed by atoms with E-state index in [1.54, 1.807) is 0 Å². The van der Waals surface area contributed by atoms with Crippen LogP contribution in [0.4, 0.5) is 0 Å². The molecule has 0 amide bonds. The summed E-state index contributed by atoms with van der Waals surface area (Å²) in [5, 5.41) is 0. The lowest BCUT2D eigenvalue weighted by Crippen LogP contribution is -2.22. The van der Waals surface area contributed by atoms with Crippen LogP contribution in [0.25, 0.3) is 0 Å². The van der Waals surface area contributed by atoms with Crippen molar-refractivity contribution in [2.75, 3.05) is 6.61 Å². The second-order valence-corrected chi connectivity index (χ2v) is 12.5. The van der Waals surface area contributed by atoms with Crippen molar-refractivity contribution < 1.29 is 19.1 Å². The van der Waals surface area contributed by atoms with Crippen LogP contribution in [0.1, 0.15) is 194 Å². The van der Waals surface area contributed by atoms with Crippen LogP contribution in [-0.4, -0.2) is 24.6 Å². The number of allylic oxidation sites excluding steroid dienone is 4. The standard InChI is InChI=1S/C39H71O4/c1-4-6-8-10-12-14-16-18-20-22-24-26-28-30-32-34-38(40)42-36-37(3)43-39(41)35-33-31-29-27-25-23-21-19-17-15-13-11-9-7-5-2/h18-21,37H,3-17,22-36H2,1-2H3/b20-18-,21-19-/t37-/m1/s1. The number of carbonyl (C=O) groups excluding carboxylic acids is 2. The second kappa shape index (κ2) is 34.9. The van der Waals surface area contributed by atoms with Gasteiger partial charge in [-0.05, 0) is 71.1 Å². The molecule has 0 aliphatic carbocycles. The van der Waals surface area contributed by atoms with Crippen LogP contribution in [0.5, 0.6) is 0 Å². The van der Waals surface area contributed by atoms with E-state index >= 15 is 0 Å². The zero-order chi connectivity index (χ0) is 31.5. The van der Waals surface area contributed by atoms with Crippen molar-refractivity contribution in [2.24, 2.45) is 0 Å². The maximum atomic E-state index is 12.0. The van der Waals surface area contributed by atoms with Gasteiger partial charge in [0.15, 0.2) is 0 Å². The summed E-state index contributed by atoms with van der Waals surface area (Å²) in [5.41, 5.74) is 0. The lowest BCUT2D eigenvalue weighted by Gasteiger charge is -2.13. The fourth-order valence-corrected chi connectivity index (χ4v) is 5.22. The highest BCUT2D eigenvalue weighted by Crippen LogP contribution is 2.12. The zero-order valence-corrected chi connectivity index (χ0v) is 28.7. The smallest absolute Gasteiger partial charge is 0.306 e. The highest BCUT2D eigenvalue weighted by Gasteiger charge is 2.12. The molecule has 0 aromatic carbocycles. The molecule has 0 unspecified atom stereocenters. The third-order valence-corrected chi connectivity index (χ3v) is 8.01. The van der Waals surface area contributed by atoms with E-state index in [0.29, 0.717) is 12.8 Å². The molecule has 0 aliphatic heterocycles. The summed E-state index contributed by atoms with van der Waals surface area (Å²) < 4.78 is 10.6. The molecule has 4 heteroatoms. The summed E-state index contributed by atoms with van der Waals surface area (Å²) in [6.45, 7) is 8.38. The van der Waals surface area contributed by atoms with Crippen molar-refractivity contribution in [3.05, 3.63) is 31.2 Å². The molecule has 251 valence electrons. The number of rotatable bonds is 33. The van der Waals surface area contributed by atoms with Crippen molar-refractivity contribution in [3.8, 4) is 0 Å². The number of hydrogen-bond acceptors (Lipinski definition) is 4. The monoisotopic (exact) mass is 604 g/mol. The molecule has 0 aromatic rings. The summed E-state index contributed by atoms with van der Waals surface area (Å²) in [4.78, 5) is 24.0. The predicted octanol–water partition coefficient (Wildman–Crippen LogP) is 12.4. The average Bonchev–Trinajstić information content (AvgIpc) is 3.00. The molecule has 4 nitrogen and oxygen atoms in total. The lowest BCUT2D eigenvalue weighted by atomic mass is 10.1. The summed E-state index contributed by atoms with van der Waals surface area (Å²) in [6, 6.07) is 0. The Kier molecular flexibility index (Phi) is 33.6. The van der Waals surface area contributed by atoms with E-state index in [4.69, 9.17) is 9.47 Å². The Morgan fingerprint density at radius 2 is 0.814 bits per heavy atom. The largest absolute Gasteiger partial charge is 0.462 e. The number of hydrogen-bond donors (Lipinski definition) is 0. The highest BCUT2D eigenvalue weighted by molar-refractivity contribution is 5.70. The van der Waals surface area contributed by atoms with Gasteiger partial charge in [-0.15, -0.1) is 0 Å². The molecule has 0 N–H and O–H groups in total. The van der Waals surface area contributed by atoms with Gasteiger partial charge in [0.1, 0.15) is 12.7 Å². The van der Waals surface area contributed by atoms with E-state index in [1.807, 2.05) is 0 Å². The van der Waals surface area contributed by atoms with Crippen molar-refractivity contribution >= 4 is 11.9 Å². The maximum absolute atomic E-state index is 12.0. The van der Waals surface area contributed by atoms with Gasteiger partial charge in [0, 0.05) is 12.8 Å². The third-order valence-electron chi connectivity index (χ3n) is 8.01. The summed E-state index contributed by atoms with van der Waals surface area (Å²) in [6.07, 6.45) is 41.6. The molecule has 0 saturated carbocycles. The Balaban J connectivity index is 3.46. The van der Waals surface area contributed by atoms with E-state index in [-0.39, 0.29) is 18.5 Å². The van der Waals surface area contributed by atoms with Gasteiger partial charge in [-0.1, -0.05) is 141 Å². The van der Waals surface area contributed by atoms with Gasteiger partial charge in [-0.3, -0.25) is 9.59 Å². The Morgan fingerprint density at radius 1 is 0.488 bits per heavy atom. The fraction of sp³-hybridized carbons (Fsp3) is 0.821. The quantitative estimate of drug-likeness (QED) is 0.0425. The first kappa shape index (κ1) is 41.4. The van der Waals surface area contributed by atoms with Gasteiger partial charge in [0.05, 0.1) is 0 Å². The van der Waals surface area contributed by atoms with Crippen LogP contribution in [0.3, 0.4) is 0 Å². The minimum absolute atomic E-state index is 0.0437. The highest BCUT2D eigenvalue weighted by atomic mass is 16.6. The average molecular weight is 604 g/mol. The molecular weight excluding hydrogens is 532 g/mol. The molecule has 43 heavy (non-hydrogen) atoms. The van der Waals surface area contributed by atoms with Crippen LogP contribution in [0.2, 0.25) is 0 Å². The molecule has 0 rings (SSSR count). The number of ether oxygens (including phenoxy) is 2. The Morgan fingerprint density at radius 3 is 1.21 bits per heavy atom.